The van der Waals surface area contributed by atoms with Gasteiger partial charge < -0.3 is 15.2 Å². The van der Waals surface area contributed by atoms with Crippen LogP contribution in [0.4, 0.5) is 5.69 Å². The number of ketones is 1. The lowest BCUT2D eigenvalue weighted by molar-refractivity contribution is 0.0943. The first-order chi connectivity index (χ1) is 16.8. The minimum Gasteiger partial charge on any atom is -0.434 e. The van der Waals surface area contributed by atoms with Crippen molar-refractivity contribution in [1.29, 1.82) is 0 Å². The molecule has 1 aromatic carbocycles. The smallest absolute Gasteiger partial charge is 0.239 e. The third kappa shape index (κ3) is 5.30. The van der Waals surface area contributed by atoms with Gasteiger partial charge >= 0.3 is 0 Å². The molecule has 0 unspecified atom stereocenters. The average molecular weight is 473 g/mol. The predicted octanol–water partition coefficient (Wildman–Crippen LogP) is 4.45. The summed E-state index contributed by atoms with van der Waals surface area (Å²) in [5, 5.41) is 18.1. The summed E-state index contributed by atoms with van der Waals surface area (Å²) in [5.41, 5.74) is 3.66. The lowest BCUT2D eigenvalue weighted by Crippen LogP contribution is -2.29. The fourth-order valence-corrected chi connectivity index (χ4v) is 3.92. The van der Waals surface area contributed by atoms with Crippen LogP contribution in [-0.4, -0.2) is 47.6 Å². The first-order valence-corrected chi connectivity index (χ1v) is 11.7. The number of imidazole rings is 1. The van der Waals surface area contributed by atoms with Crippen LogP contribution in [0.2, 0.25) is 0 Å². The Morgan fingerprint density at radius 1 is 1.20 bits per heavy atom. The van der Waals surface area contributed by atoms with Crippen molar-refractivity contribution in [3.63, 3.8) is 0 Å². The van der Waals surface area contributed by atoms with Crippen molar-refractivity contribution in [3.05, 3.63) is 60.3 Å². The molecule has 0 aliphatic heterocycles. The van der Waals surface area contributed by atoms with Crippen molar-refractivity contribution in [1.82, 2.24) is 24.6 Å². The molecule has 4 aromatic rings. The van der Waals surface area contributed by atoms with Gasteiger partial charge in [0.15, 0.2) is 17.2 Å². The zero-order chi connectivity index (χ0) is 24.6. The number of carbonyl (C=O) groups is 1. The molecule has 0 saturated heterocycles. The van der Waals surface area contributed by atoms with Crippen LogP contribution in [0.25, 0.3) is 16.9 Å². The highest BCUT2D eigenvalue weighted by molar-refractivity contribution is 5.98. The molecule has 3 heterocycles. The number of aromatic nitrogens is 5. The molecule has 9 heteroatoms. The summed E-state index contributed by atoms with van der Waals surface area (Å²) < 4.78 is 7.61. The van der Waals surface area contributed by atoms with Crippen molar-refractivity contribution >= 4 is 17.1 Å². The van der Waals surface area contributed by atoms with Gasteiger partial charge in [0.25, 0.3) is 0 Å². The summed E-state index contributed by atoms with van der Waals surface area (Å²) in [6, 6.07) is 7.55. The van der Waals surface area contributed by atoms with Crippen molar-refractivity contribution in [2.24, 2.45) is 5.92 Å². The normalized spacial score (nSPS) is 13.7. The Morgan fingerprint density at radius 3 is 2.66 bits per heavy atom. The minimum atomic E-state index is -0.927. The van der Waals surface area contributed by atoms with Crippen molar-refractivity contribution in [2.75, 3.05) is 11.9 Å². The first kappa shape index (κ1) is 22.9. The number of carbonyl (C=O) groups excluding carboxylic acids is 1. The summed E-state index contributed by atoms with van der Waals surface area (Å²) in [7, 11) is 0. The second kappa shape index (κ2) is 9.07. The minimum absolute atomic E-state index is 0.201. The molecular formula is C26H28N6O3. The molecule has 35 heavy (non-hydrogen) atoms. The molecule has 5 rings (SSSR count). The third-order valence-electron chi connectivity index (χ3n) is 5.91. The van der Waals surface area contributed by atoms with Crippen LogP contribution in [0.15, 0.2) is 49.2 Å². The highest BCUT2D eigenvalue weighted by Crippen LogP contribution is 2.34. The van der Waals surface area contributed by atoms with Crippen molar-refractivity contribution in [2.45, 2.75) is 45.6 Å². The molecule has 1 aliphatic rings. The maximum absolute atomic E-state index is 12.7. The van der Waals surface area contributed by atoms with Crippen LogP contribution in [0, 0.1) is 12.8 Å². The number of nitrogens with zero attached hydrogens (tertiary/aromatic N) is 5. The van der Waals surface area contributed by atoms with Crippen LogP contribution in [0.1, 0.15) is 49.0 Å². The molecule has 0 atom stereocenters. The fourth-order valence-electron chi connectivity index (χ4n) is 3.92. The number of hydrogen-bond acceptors (Lipinski definition) is 8. The second-order valence-corrected chi connectivity index (χ2v) is 9.72. The van der Waals surface area contributed by atoms with Gasteiger partial charge in [-0.3, -0.25) is 4.79 Å². The number of aryl methyl sites for hydroxylation is 1. The van der Waals surface area contributed by atoms with Gasteiger partial charge in [-0.1, -0.05) is 12.1 Å². The zero-order valence-electron chi connectivity index (χ0n) is 20.0. The number of rotatable bonds is 9. The summed E-state index contributed by atoms with van der Waals surface area (Å²) >= 11 is 0. The van der Waals surface area contributed by atoms with E-state index in [-0.39, 0.29) is 5.78 Å². The Kier molecular flexibility index (Phi) is 5.94. The van der Waals surface area contributed by atoms with E-state index in [0.717, 1.165) is 35.2 Å². The van der Waals surface area contributed by atoms with Crippen molar-refractivity contribution < 1.29 is 14.6 Å². The van der Waals surface area contributed by atoms with Gasteiger partial charge in [0.1, 0.15) is 6.33 Å². The Labute approximate surface area is 203 Å². The molecule has 0 spiro atoms. The number of fused-ring (bicyclic) bond motifs is 1. The summed E-state index contributed by atoms with van der Waals surface area (Å²) in [6.45, 7) is 5.71. The SMILES string of the molecule is Cc1cc(-c2cnc3c(NCC(C)(C)O)cc(Oc4cncnc4)nn23)ccc1C(=O)CC1CC1. The van der Waals surface area contributed by atoms with Crippen LogP contribution in [-0.2, 0) is 0 Å². The Hall–Kier alpha value is -3.85. The molecule has 0 amide bonds. The third-order valence-corrected chi connectivity index (χ3v) is 5.91. The number of Topliss-reactive ketones (excluding diaryl/α,β-unsaturated/α-hetero) is 1. The van der Waals surface area contributed by atoms with E-state index in [2.05, 4.69) is 25.4 Å². The zero-order valence-corrected chi connectivity index (χ0v) is 20.0. The number of benzene rings is 1. The van der Waals surface area contributed by atoms with Gasteiger partial charge in [0.05, 0.1) is 35.6 Å². The molecule has 1 saturated carbocycles. The van der Waals surface area contributed by atoms with Crippen LogP contribution < -0.4 is 10.1 Å². The number of nitrogens with one attached hydrogen (secondary N) is 1. The van der Waals surface area contributed by atoms with E-state index in [1.54, 1.807) is 43.0 Å². The van der Waals surface area contributed by atoms with E-state index in [9.17, 15) is 9.90 Å². The van der Waals surface area contributed by atoms with E-state index < -0.39 is 5.60 Å². The topological polar surface area (TPSA) is 115 Å². The number of ether oxygens (including phenoxy) is 1. The standard InChI is InChI=1S/C26H28N6O3/c1-16-8-18(6-7-20(16)23(33)9-17-4-5-17)22-13-29-25-21(30-14-26(2,3)34)10-24(31-32(22)25)35-19-11-27-15-28-12-19/h6-8,10-13,15,17,30,34H,4-5,9,14H2,1-3H3. The quantitative estimate of drug-likeness (QED) is 0.343. The van der Waals surface area contributed by atoms with E-state index in [4.69, 9.17) is 4.74 Å². The highest BCUT2D eigenvalue weighted by Gasteiger charge is 2.26. The summed E-state index contributed by atoms with van der Waals surface area (Å²) in [6.07, 6.45) is 9.20. The largest absolute Gasteiger partial charge is 0.434 e. The lowest BCUT2D eigenvalue weighted by atomic mass is 9.98. The number of aliphatic hydroxyl groups is 1. The van der Waals surface area contributed by atoms with Crippen LogP contribution >= 0.6 is 0 Å². The van der Waals surface area contributed by atoms with Gasteiger partial charge in [-0.2, -0.15) is 0 Å². The maximum Gasteiger partial charge on any atom is 0.239 e. The van der Waals surface area contributed by atoms with E-state index in [1.165, 1.54) is 6.33 Å². The molecule has 1 fully saturated rings. The number of anilines is 1. The fraction of sp³-hybridized carbons (Fsp3) is 0.346. The van der Waals surface area contributed by atoms with Gasteiger partial charge in [-0.05, 0) is 51.2 Å². The highest BCUT2D eigenvalue weighted by atomic mass is 16.5. The van der Waals surface area contributed by atoms with Gasteiger partial charge in [0.2, 0.25) is 5.88 Å². The molecule has 1 aliphatic carbocycles. The molecular weight excluding hydrogens is 444 g/mol. The number of hydrogen-bond donors (Lipinski definition) is 2. The summed E-state index contributed by atoms with van der Waals surface area (Å²) in [5.74, 6) is 1.51. The maximum atomic E-state index is 12.7. The van der Waals surface area contributed by atoms with Gasteiger partial charge in [-0.25, -0.2) is 19.5 Å². The van der Waals surface area contributed by atoms with Crippen LogP contribution in [0.3, 0.4) is 0 Å². The predicted molar refractivity (Wildman–Crippen MR) is 132 cm³/mol. The van der Waals surface area contributed by atoms with E-state index in [1.807, 2.05) is 25.1 Å². The molecule has 9 nitrogen and oxygen atoms in total. The second-order valence-electron chi connectivity index (χ2n) is 9.72. The lowest BCUT2D eigenvalue weighted by Gasteiger charge is -2.19. The van der Waals surface area contributed by atoms with Gasteiger partial charge in [0, 0.05) is 30.2 Å². The molecule has 2 N–H and O–H groups in total. The summed E-state index contributed by atoms with van der Waals surface area (Å²) in [4.78, 5) is 25.2. The Bertz CT molecular complexity index is 1370. The van der Waals surface area contributed by atoms with Crippen molar-refractivity contribution in [3.8, 4) is 22.9 Å². The first-order valence-electron chi connectivity index (χ1n) is 11.7. The molecule has 0 bridgehead atoms. The Balaban J connectivity index is 1.53. The van der Waals surface area contributed by atoms with Crippen LogP contribution in [0.5, 0.6) is 11.6 Å². The monoisotopic (exact) mass is 472 g/mol. The molecule has 0 radical (unpaired) electrons. The molecule has 3 aromatic heterocycles. The van der Waals surface area contributed by atoms with E-state index in [0.29, 0.717) is 41.8 Å². The molecule has 180 valence electrons. The Morgan fingerprint density at radius 2 is 1.97 bits per heavy atom. The van der Waals surface area contributed by atoms with Gasteiger partial charge in [-0.15, -0.1) is 5.10 Å². The van der Waals surface area contributed by atoms with E-state index >= 15 is 0 Å². The average Bonchev–Trinajstić information content (AvgIpc) is 3.53.